The van der Waals surface area contributed by atoms with Crippen LogP contribution in [0.15, 0.2) is 58.7 Å². The molecule has 1 aliphatic rings. The zero-order valence-electron chi connectivity index (χ0n) is 18.6. The van der Waals surface area contributed by atoms with E-state index in [1.807, 2.05) is 13.0 Å². The summed E-state index contributed by atoms with van der Waals surface area (Å²) >= 11 is 0. The lowest BCUT2D eigenvalue weighted by Crippen LogP contribution is -2.22. The number of amides is 1. The standard InChI is InChI=1S/C26H24FNO5/c1-15-20(9-16-10-23(31-2)26(30)24(11-16)32-3)19-7-6-17(27)12-22(19)21(15)13-25(29)28-14-18-5-4-8-33-18/h4-12,30H,13-14H2,1-3H3,(H,28,29)/b20-9+. The molecule has 4 rings (SSSR count). The molecular weight excluding hydrogens is 425 g/mol. The van der Waals surface area contributed by atoms with E-state index in [4.69, 9.17) is 13.9 Å². The lowest BCUT2D eigenvalue weighted by Gasteiger charge is -2.11. The van der Waals surface area contributed by atoms with Crippen LogP contribution in [0.2, 0.25) is 0 Å². The number of fused-ring (bicyclic) bond motifs is 1. The van der Waals surface area contributed by atoms with Crippen molar-refractivity contribution < 1.29 is 28.2 Å². The van der Waals surface area contributed by atoms with E-state index in [0.29, 0.717) is 11.3 Å². The first kappa shape index (κ1) is 22.2. The first-order valence-electron chi connectivity index (χ1n) is 10.4. The van der Waals surface area contributed by atoms with Crippen LogP contribution in [0.1, 0.15) is 35.8 Å². The van der Waals surface area contributed by atoms with Crippen LogP contribution in [-0.2, 0) is 11.3 Å². The molecule has 0 aliphatic heterocycles. The van der Waals surface area contributed by atoms with Crippen molar-refractivity contribution in [3.05, 3.63) is 82.6 Å². The molecular formula is C26H24FNO5. The van der Waals surface area contributed by atoms with Crippen molar-refractivity contribution in [3.8, 4) is 17.2 Å². The van der Waals surface area contributed by atoms with Crippen molar-refractivity contribution in [2.45, 2.75) is 19.9 Å². The Morgan fingerprint density at radius 1 is 1.12 bits per heavy atom. The summed E-state index contributed by atoms with van der Waals surface area (Å²) in [4.78, 5) is 12.6. The van der Waals surface area contributed by atoms with Crippen molar-refractivity contribution in [3.63, 3.8) is 0 Å². The first-order chi connectivity index (χ1) is 15.9. The number of carbonyl (C=O) groups is 1. The van der Waals surface area contributed by atoms with Crippen molar-refractivity contribution >= 4 is 23.1 Å². The Morgan fingerprint density at radius 2 is 1.85 bits per heavy atom. The third kappa shape index (κ3) is 4.48. The summed E-state index contributed by atoms with van der Waals surface area (Å²) < 4.78 is 29.9. The number of benzene rings is 2. The molecule has 0 fully saturated rings. The van der Waals surface area contributed by atoms with Gasteiger partial charge in [0.2, 0.25) is 11.7 Å². The topological polar surface area (TPSA) is 80.9 Å². The van der Waals surface area contributed by atoms with Crippen LogP contribution in [0.25, 0.3) is 17.2 Å². The number of furan rings is 1. The van der Waals surface area contributed by atoms with Gasteiger partial charge in [0.25, 0.3) is 0 Å². The van der Waals surface area contributed by atoms with Gasteiger partial charge in [-0.3, -0.25) is 4.79 Å². The van der Waals surface area contributed by atoms with E-state index in [2.05, 4.69) is 5.32 Å². The molecule has 1 amide bonds. The maximum atomic E-state index is 14.1. The normalized spacial score (nSPS) is 13.9. The molecule has 3 aromatic rings. The summed E-state index contributed by atoms with van der Waals surface area (Å²) in [5.74, 6) is 0.560. The fraction of sp³-hybridized carbons (Fsp3) is 0.192. The molecule has 0 saturated heterocycles. The van der Waals surface area contributed by atoms with Crippen molar-refractivity contribution in [1.29, 1.82) is 0 Å². The van der Waals surface area contributed by atoms with Gasteiger partial charge in [-0.25, -0.2) is 4.39 Å². The summed E-state index contributed by atoms with van der Waals surface area (Å²) in [5, 5.41) is 13.0. The van der Waals surface area contributed by atoms with Crippen LogP contribution in [0.5, 0.6) is 17.2 Å². The highest BCUT2D eigenvalue weighted by Crippen LogP contribution is 2.45. The minimum Gasteiger partial charge on any atom is -0.502 e. The number of hydrogen-bond donors (Lipinski definition) is 2. The van der Waals surface area contributed by atoms with Crippen LogP contribution < -0.4 is 14.8 Å². The van der Waals surface area contributed by atoms with E-state index in [1.54, 1.807) is 36.6 Å². The summed E-state index contributed by atoms with van der Waals surface area (Å²) in [6.07, 6.45) is 3.56. The first-order valence-corrected chi connectivity index (χ1v) is 10.4. The average Bonchev–Trinajstić information content (AvgIpc) is 3.41. The molecule has 1 aromatic heterocycles. The molecule has 33 heavy (non-hydrogen) atoms. The van der Waals surface area contributed by atoms with E-state index in [0.717, 1.165) is 27.8 Å². The smallest absolute Gasteiger partial charge is 0.224 e. The number of ether oxygens (including phenoxy) is 2. The third-order valence-electron chi connectivity index (χ3n) is 5.64. The maximum Gasteiger partial charge on any atom is 0.224 e. The SMILES string of the molecule is COc1cc(/C=C2\C(C)=C(CC(=O)NCc3ccco3)c3cc(F)ccc32)cc(OC)c1O. The van der Waals surface area contributed by atoms with Gasteiger partial charge >= 0.3 is 0 Å². The molecule has 0 saturated carbocycles. The van der Waals surface area contributed by atoms with Gasteiger partial charge in [0, 0.05) is 0 Å². The number of rotatable bonds is 7. The van der Waals surface area contributed by atoms with E-state index >= 15 is 0 Å². The minimum atomic E-state index is -0.371. The highest BCUT2D eigenvalue weighted by molar-refractivity contribution is 6.08. The lowest BCUT2D eigenvalue weighted by atomic mass is 10.00. The summed E-state index contributed by atoms with van der Waals surface area (Å²) in [7, 11) is 2.92. The zero-order valence-corrected chi connectivity index (χ0v) is 18.6. The van der Waals surface area contributed by atoms with Crippen LogP contribution >= 0.6 is 0 Å². The number of carbonyl (C=O) groups excluding carboxylic acids is 1. The molecule has 170 valence electrons. The summed E-state index contributed by atoms with van der Waals surface area (Å²) in [5.41, 5.74) is 4.72. The number of phenolic OH excluding ortho intramolecular Hbond substituents is 1. The zero-order chi connectivity index (χ0) is 23.5. The molecule has 6 nitrogen and oxygen atoms in total. The van der Waals surface area contributed by atoms with Gasteiger partial charge in [-0.2, -0.15) is 0 Å². The van der Waals surface area contributed by atoms with Gasteiger partial charge in [0.05, 0.1) is 33.4 Å². The minimum absolute atomic E-state index is 0.0859. The van der Waals surface area contributed by atoms with Crippen molar-refractivity contribution in [2.75, 3.05) is 14.2 Å². The van der Waals surface area contributed by atoms with E-state index in [9.17, 15) is 14.3 Å². The van der Waals surface area contributed by atoms with E-state index < -0.39 is 0 Å². The molecule has 7 heteroatoms. The largest absolute Gasteiger partial charge is 0.502 e. The van der Waals surface area contributed by atoms with E-state index in [-0.39, 0.29) is 41.9 Å². The van der Waals surface area contributed by atoms with E-state index in [1.165, 1.54) is 26.4 Å². The molecule has 1 heterocycles. The highest BCUT2D eigenvalue weighted by atomic mass is 19.1. The second-order valence-corrected chi connectivity index (χ2v) is 7.66. The van der Waals surface area contributed by atoms with Gasteiger partial charge in [-0.1, -0.05) is 6.07 Å². The summed E-state index contributed by atoms with van der Waals surface area (Å²) in [6.45, 7) is 2.19. The average molecular weight is 449 g/mol. The Bertz CT molecular complexity index is 1230. The Labute approximate surface area is 191 Å². The number of phenols is 1. The molecule has 1 aliphatic carbocycles. The Hall–Kier alpha value is -4.00. The van der Waals surface area contributed by atoms with Gasteiger partial charge < -0.3 is 24.3 Å². The highest BCUT2D eigenvalue weighted by Gasteiger charge is 2.26. The number of nitrogens with one attached hydrogen (secondary N) is 1. The fourth-order valence-corrected chi connectivity index (χ4v) is 3.97. The predicted molar refractivity (Wildman–Crippen MR) is 123 cm³/mol. The van der Waals surface area contributed by atoms with Crippen LogP contribution in [-0.4, -0.2) is 25.2 Å². The molecule has 0 radical (unpaired) electrons. The van der Waals surface area contributed by atoms with Crippen molar-refractivity contribution in [1.82, 2.24) is 5.32 Å². The second kappa shape index (κ2) is 9.24. The van der Waals surface area contributed by atoms with Gasteiger partial charge in [-0.05, 0) is 82.8 Å². The third-order valence-corrected chi connectivity index (χ3v) is 5.64. The Balaban J connectivity index is 1.70. The number of methoxy groups -OCH3 is 2. The van der Waals surface area contributed by atoms with Crippen molar-refractivity contribution in [2.24, 2.45) is 0 Å². The number of hydrogen-bond acceptors (Lipinski definition) is 5. The number of halogens is 1. The molecule has 0 unspecified atom stereocenters. The number of aromatic hydroxyl groups is 1. The fourth-order valence-electron chi connectivity index (χ4n) is 3.97. The summed E-state index contributed by atoms with van der Waals surface area (Å²) in [6, 6.07) is 11.5. The Kier molecular flexibility index (Phi) is 6.22. The van der Waals surface area contributed by atoms with Gasteiger partial charge in [-0.15, -0.1) is 0 Å². The van der Waals surface area contributed by atoms with Crippen LogP contribution in [0.4, 0.5) is 4.39 Å². The Morgan fingerprint density at radius 3 is 2.48 bits per heavy atom. The van der Waals surface area contributed by atoms with Crippen LogP contribution in [0.3, 0.4) is 0 Å². The predicted octanol–water partition coefficient (Wildman–Crippen LogP) is 5.18. The molecule has 2 N–H and O–H groups in total. The monoisotopic (exact) mass is 449 g/mol. The second-order valence-electron chi connectivity index (χ2n) is 7.66. The van der Waals surface area contributed by atoms with Crippen LogP contribution in [0, 0.1) is 5.82 Å². The quantitative estimate of drug-likeness (QED) is 0.520. The molecule has 0 bridgehead atoms. The molecule has 0 atom stereocenters. The maximum absolute atomic E-state index is 14.1. The van der Waals surface area contributed by atoms with Gasteiger partial charge in [0.15, 0.2) is 11.5 Å². The molecule has 0 spiro atoms. The molecule has 2 aromatic carbocycles. The lowest BCUT2D eigenvalue weighted by molar-refractivity contribution is -0.120. The van der Waals surface area contributed by atoms with Gasteiger partial charge in [0.1, 0.15) is 11.6 Å². The number of allylic oxidation sites excluding steroid dienone is 2.